The monoisotopic (exact) mass is 250 g/mol. The van der Waals surface area contributed by atoms with Crippen LogP contribution in [0.25, 0.3) is 11.0 Å². The first-order chi connectivity index (χ1) is 8.06. The molecule has 2 rings (SSSR count). The van der Waals surface area contributed by atoms with Crippen LogP contribution in [-0.2, 0) is 4.79 Å². The van der Waals surface area contributed by atoms with Crippen LogP contribution in [0, 0.1) is 13.8 Å². The number of hydrogen-bond acceptors (Lipinski definition) is 3. The second-order valence-electron chi connectivity index (χ2n) is 3.99. The summed E-state index contributed by atoms with van der Waals surface area (Å²) in [5.41, 5.74) is 4.38. The highest BCUT2D eigenvalue weighted by Crippen LogP contribution is 2.22. The third-order valence-electron chi connectivity index (χ3n) is 2.63. The Kier molecular flexibility index (Phi) is 3.38. The van der Waals surface area contributed by atoms with Crippen molar-refractivity contribution in [3.8, 4) is 0 Å². The number of nitrogens with one attached hydrogen (secondary N) is 1. The van der Waals surface area contributed by atoms with Gasteiger partial charge in [-0.1, -0.05) is 11.8 Å². The summed E-state index contributed by atoms with van der Waals surface area (Å²) in [7, 11) is 0. The second-order valence-corrected chi connectivity index (χ2v) is 5.07. The molecular formula is C12H14N2O2S. The van der Waals surface area contributed by atoms with Gasteiger partial charge in [-0.3, -0.25) is 4.79 Å². The van der Waals surface area contributed by atoms with E-state index in [2.05, 4.69) is 29.9 Å². The molecule has 4 nitrogen and oxygen atoms in total. The number of carboxylic acids is 1. The molecule has 0 saturated carbocycles. The molecule has 5 heteroatoms. The number of thioether (sulfide) groups is 1. The Labute approximate surface area is 103 Å². The van der Waals surface area contributed by atoms with Crippen molar-refractivity contribution >= 4 is 28.8 Å². The van der Waals surface area contributed by atoms with Crippen LogP contribution in [0.15, 0.2) is 17.3 Å². The van der Waals surface area contributed by atoms with Crippen molar-refractivity contribution in [3.05, 3.63) is 23.3 Å². The molecule has 0 spiro atoms. The molecule has 0 radical (unpaired) electrons. The smallest absolute Gasteiger partial charge is 0.304 e. The minimum Gasteiger partial charge on any atom is -0.481 e. The Morgan fingerprint density at radius 3 is 2.82 bits per heavy atom. The zero-order chi connectivity index (χ0) is 12.4. The standard InChI is InChI=1S/C12H14N2O2S/c1-7-5-9-10(6-8(7)2)14-12(13-9)17-4-3-11(15)16/h5-6H,3-4H2,1-2H3,(H,13,14)(H,15,16). The van der Waals surface area contributed by atoms with Gasteiger partial charge in [0.05, 0.1) is 17.5 Å². The van der Waals surface area contributed by atoms with Crippen molar-refractivity contribution < 1.29 is 9.90 Å². The summed E-state index contributed by atoms with van der Waals surface area (Å²) in [5.74, 6) is -0.243. The van der Waals surface area contributed by atoms with Gasteiger partial charge in [0, 0.05) is 5.75 Å². The van der Waals surface area contributed by atoms with E-state index in [1.54, 1.807) is 0 Å². The molecule has 2 aromatic rings. The number of carboxylic acid groups (broad SMARTS) is 1. The van der Waals surface area contributed by atoms with Crippen molar-refractivity contribution in [1.29, 1.82) is 0 Å². The Balaban J connectivity index is 2.17. The second kappa shape index (κ2) is 4.79. The molecular weight excluding hydrogens is 236 g/mol. The summed E-state index contributed by atoms with van der Waals surface area (Å²) in [6.45, 7) is 4.12. The molecule has 1 heterocycles. The number of aromatic amines is 1. The summed E-state index contributed by atoms with van der Waals surface area (Å²) in [4.78, 5) is 18.0. The molecule has 0 bridgehead atoms. The highest BCUT2D eigenvalue weighted by atomic mass is 32.2. The Morgan fingerprint density at radius 2 is 2.12 bits per heavy atom. The molecule has 0 aliphatic carbocycles. The van der Waals surface area contributed by atoms with E-state index in [-0.39, 0.29) is 6.42 Å². The van der Waals surface area contributed by atoms with Gasteiger partial charge >= 0.3 is 5.97 Å². The van der Waals surface area contributed by atoms with Crippen molar-refractivity contribution in [2.24, 2.45) is 0 Å². The van der Waals surface area contributed by atoms with Crippen LogP contribution in [0.3, 0.4) is 0 Å². The zero-order valence-corrected chi connectivity index (χ0v) is 10.6. The highest BCUT2D eigenvalue weighted by Gasteiger charge is 2.06. The number of imidazole rings is 1. The quantitative estimate of drug-likeness (QED) is 0.819. The van der Waals surface area contributed by atoms with E-state index in [1.807, 2.05) is 6.07 Å². The number of carbonyl (C=O) groups is 1. The predicted octanol–water partition coefficient (Wildman–Crippen LogP) is 2.75. The number of benzene rings is 1. The van der Waals surface area contributed by atoms with Crippen molar-refractivity contribution in [3.63, 3.8) is 0 Å². The number of H-pyrrole nitrogens is 1. The maximum absolute atomic E-state index is 10.4. The fourth-order valence-corrected chi connectivity index (χ4v) is 2.36. The molecule has 17 heavy (non-hydrogen) atoms. The first kappa shape index (κ1) is 12.0. The summed E-state index contributed by atoms with van der Waals surface area (Å²) in [6.07, 6.45) is 0.153. The summed E-state index contributed by atoms with van der Waals surface area (Å²) in [5, 5.41) is 9.34. The van der Waals surface area contributed by atoms with Gasteiger partial charge in [-0.25, -0.2) is 4.98 Å². The van der Waals surface area contributed by atoms with E-state index in [0.29, 0.717) is 5.75 Å². The van der Waals surface area contributed by atoms with Gasteiger partial charge in [0.1, 0.15) is 0 Å². The fraction of sp³-hybridized carbons (Fsp3) is 0.333. The molecule has 0 atom stereocenters. The third kappa shape index (κ3) is 2.79. The van der Waals surface area contributed by atoms with E-state index in [4.69, 9.17) is 5.11 Å². The van der Waals surface area contributed by atoms with Gasteiger partial charge in [0.25, 0.3) is 0 Å². The molecule has 0 aliphatic heterocycles. The number of aliphatic carboxylic acids is 1. The van der Waals surface area contributed by atoms with Gasteiger partial charge in [0.2, 0.25) is 0 Å². The van der Waals surface area contributed by atoms with E-state index in [1.165, 1.54) is 22.9 Å². The van der Waals surface area contributed by atoms with Gasteiger partial charge < -0.3 is 10.1 Å². The Morgan fingerprint density at radius 1 is 1.41 bits per heavy atom. The molecule has 1 aromatic heterocycles. The maximum Gasteiger partial charge on any atom is 0.304 e. The Hall–Kier alpha value is -1.49. The fourth-order valence-electron chi connectivity index (χ4n) is 1.55. The molecule has 1 aromatic carbocycles. The summed E-state index contributed by atoms with van der Waals surface area (Å²) >= 11 is 1.44. The number of fused-ring (bicyclic) bond motifs is 1. The minimum atomic E-state index is -0.778. The number of rotatable bonds is 4. The average Bonchev–Trinajstić information content (AvgIpc) is 2.60. The lowest BCUT2D eigenvalue weighted by molar-refractivity contribution is -0.136. The topological polar surface area (TPSA) is 66.0 Å². The molecule has 0 unspecified atom stereocenters. The van der Waals surface area contributed by atoms with Crippen LogP contribution in [0.1, 0.15) is 17.5 Å². The van der Waals surface area contributed by atoms with Gasteiger partial charge in [-0.15, -0.1) is 0 Å². The molecule has 2 N–H and O–H groups in total. The molecule has 0 amide bonds. The van der Waals surface area contributed by atoms with Gasteiger partial charge in [0.15, 0.2) is 5.16 Å². The van der Waals surface area contributed by atoms with Crippen LogP contribution in [-0.4, -0.2) is 26.8 Å². The summed E-state index contributed by atoms with van der Waals surface area (Å²) in [6, 6.07) is 4.11. The van der Waals surface area contributed by atoms with Crippen LogP contribution in [0.4, 0.5) is 0 Å². The van der Waals surface area contributed by atoms with E-state index >= 15 is 0 Å². The highest BCUT2D eigenvalue weighted by molar-refractivity contribution is 7.99. The van der Waals surface area contributed by atoms with Crippen molar-refractivity contribution in [1.82, 2.24) is 9.97 Å². The normalized spacial score (nSPS) is 10.9. The van der Waals surface area contributed by atoms with Crippen molar-refractivity contribution in [2.45, 2.75) is 25.4 Å². The molecule has 0 aliphatic rings. The van der Waals surface area contributed by atoms with Crippen LogP contribution >= 0.6 is 11.8 Å². The number of hydrogen-bond donors (Lipinski definition) is 2. The van der Waals surface area contributed by atoms with Crippen LogP contribution < -0.4 is 0 Å². The van der Waals surface area contributed by atoms with Gasteiger partial charge in [-0.2, -0.15) is 0 Å². The van der Waals surface area contributed by atoms with E-state index < -0.39 is 5.97 Å². The SMILES string of the molecule is Cc1cc2nc(SCCC(=O)O)[nH]c2cc1C. The lowest BCUT2D eigenvalue weighted by Crippen LogP contribution is -1.95. The minimum absolute atomic E-state index is 0.153. The maximum atomic E-state index is 10.4. The molecule has 0 fully saturated rings. The predicted molar refractivity (Wildman–Crippen MR) is 68.5 cm³/mol. The largest absolute Gasteiger partial charge is 0.481 e. The van der Waals surface area contributed by atoms with Crippen LogP contribution in [0.5, 0.6) is 0 Å². The van der Waals surface area contributed by atoms with Gasteiger partial charge in [-0.05, 0) is 37.1 Å². The number of aryl methyl sites for hydroxylation is 2. The van der Waals surface area contributed by atoms with E-state index in [0.717, 1.165) is 16.2 Å². The summed E-state index contributed by atoms with van der Waals surface area (Å²) < 4.78 is 0. The lowest BCUT2D eigenvalue weighted by atomic mass is 10.1. The zero-order valence-electron chi connectivity index (χ0n) is 9.78. The molecule has 0 saturated heterocycles. The van der Waals surface area contributed by atoms with Crippen LogP contribution in [0.2, 0.25) is 0 Å². The first-order valence-corrected chi connectivity index (χ1v) is 6.36. The lowest BCUT2D eigenvalue weighted by Gasteiger charge is -1.97. The van der Waals surface area contributed by atoms with E-state index in [9.17, 15) is 4.79 Å². The average molecular weight is 250 g/mol. The number of aromatic nitrogens is 2. The third-order valence-corrected chi connectivity index (χ3v) is 3.51. The Bertz CT molecular complexity index is 524. The van der Waals surface area contributed by atoms with Crippen molar-refractivity contribution in [2.75, 3.05) is 5.75 Å². The first-order valence-electron chi connectivity index (χ1n) is 5.38. The number of nitrogens with zero attached hydrogens (tertiary/aromatic N) is 1. The molecule has 90 valence electrons.